The van der Waals surface area contributed by atoms with E-state index >= 15 is 0 Å². The minimum Gasteiger partial charge on any atom is -0.381 e. The van der Waals surface area contributed by atoms with Crippen LogP contribution in [-0.4, -0.2) is 42.0 Å². The zero-order valence-electron chi connectivity index (χ0n) is 20.8. The minimum absolute atomic E-state index is 0.0986. The highest BCUT2D eigenvalue weighted by Crippen LogP contribution is 2.26. The largest absolute Gasteiger partial charge is 0.381 e. The third-order valence-corrected chi connectivity index (χ3v) is 6.31. The molecule has 0 aliphatic carbocycles. The van der Waals surface area contributed by atoms with Crippen molar-refractivity contribution < 1.29 is 4.79 Å². The Balaban J connectivity index is 1.47. The van der Waals surface area contributed by atoms with Gasteiger partial charge in [-0.1, -0.05) is 36.1 Å². The molecule has 5 N–H and O–H groups in total. The van der Waals surface area contributed by atoms with Crippen molar-refractivity contribution in [1.29, 1.82) is 0 Å². The number of H-pyrrole nitrogens is 1. The highest BCUT2D eigenvalue weighted by atomic mass is 16.2. The van der Waals surface area contributed by atoms with Crippen molar-refractivity contribution in [3.05, 3.63) is 99.9 Å². The molecule has 1 aliphatic rings. The lowest BCUT2D eigenvalue weighted by Crippen LogP contribution is -2.34. The second-order valence-electron chi connectivity index (χ2n) is 8.90. The van der Waals surface area contributed by atoms with Crippen LogP contribution in [0.15, 0.2) is 71.8 Å². The summed E-state index contributed by atoms with van der Waals surface area (Å²) in [6.07, 6.45) is 6.90. The van der Waals surface area contributed by atoms with Gasteiger partial charge in [0.05, 0.1) is 34.4 Å². The van der Waals surface area contributed by atoms with Gasteiger partial charge in [-0.2, -0.15) is 5.10 Å². The molecule has 1 unspecified atom stereocenters. The number of hydrogen-bond donors (Lipinski definition) is 4. The highest BCUT2D eigenvalue weighted by molar-refractivity contribution is 6.04. The molecule has 0 saturated heterocycles. The van der Waals surface area contributed by atoms with Gasteiger partial charge in [-0.25, -0.2) is 9.67 Å². The molecular formula is C28H23N9O2. The number of carbonyl (C=O) groups is 1. The standard InChI is InChI=1S/C28H23N9O2/c1-17(33-27(38)23-24(29)35-36-14-6-13-30-26(23)36)25-34-21-10-5-7-19(12-11-18-15-31-32-16-18)22(21)28(39)37(25)20-8-3-2-4-9-20/h2-10,14-17,30H,13H2,1H3,(H2,29,35)(H,31,32)(H,33,38). The minimum atomic E-state index is -0.662. The first kappa shape index (κ1) is 23.7. The quantitative estimate of drug-likeness (QED) is 0.268. The Morgan fingerprint density at radius 1 is 1.15 bits per heavy atom. The third-order valence-electron chi connectivity index (χ3n) is 6.31. The predicted molar refractivity (Wildman–Crippen MR) is 148 cm³/mol. The second-order valence-corrected chi connectivity index (χ2v) is 8.90. The summed E-state index contributed by atoms with van der Waals surface area (Å²) in [7, 11) is 0. The molecule has 2 aromatic carbocycles. The van der Waals surface area contributed by atoms with Gasteiger partial charge in [0.25, 0.3) is 11.5 Å². The van der Waals surface area contributed by atoms with Crippen molar-refractivity contribution in [3.8, 4) is 17.5 Å². The molecule has 1 aliphatic heterocycles. The summed E-state index contributed by atoms with van der Waals surface area (Å²) in [5, 5.41) is 17.3. The summed E-state index contributed by atoms with van der Waals surface area (Å²) in [5.41, 5.74) is 8.33. The third kappa shape index (κ3) is 4.30. The fourth-order valence-corrected chi connectivity index (χ4v) is 4.52. The molecule has 1 atom stereocenters. The van der Waals surface area contributed by atoms with Gasteiger partial charge in [0.2, 0.25) is 0 Å². The van der Waals surface area contributed by atoms with E-state index in [-0.39, 0.29) is 16.9 Å². The van der Waals surface area contributed by atoms with E-state index in [4.69, 9.17) is 10.7 Å². The molecule has 0 bridgehead atoms. The van der Waals surface area contributed by atoms with Crippen molar-refractivity contribution in [1.82, 2.24) is 34.8 Å². The van der Waals surface area contributed by atoms with Gasteiger partial charge in [-0.05, 0) is 37.3 Å². The monoisotopic (exact) mass is 517 g/mol. The smallest absolute Gasteiger partial charge is 0.267 e. The second kappa shape index (κ2) is 9.68. The lowest BCUT2D eigenvalue weighted by atomic mass is 10.1. The number of nitrogens with one attached hydrogen (secondary N) is 3. The summed E-state index contributed by atoms with van der Waals surface area (Å²) in [6.45, 7) is 2.32. The molecule has 6 rings (SSSR count). The zero-order chi connectivity index (χ0) is 26.9. The van der Waals surface area contributed by atoms with Crippen LogP contribution in [0.4, 0.5) is 11.6 Å². The number of rotatable bonds is 4. The van der Waals surface area contributed by atoms with E-state index < -0.39 is 11.9 Å². The van der Waals surface area contributed by atoms with Crippen LogP contribution in [0, 0.1) is 11.8 Å². The van der Waals surface area contributed by atoms with Crippen molar-refractivity contribution in [2.45, 2.75) is 13.0 Å². The summed E-state index contributed by atoms with van der Waals surface area (Å²) in [4.78, 5) is 32.3. The number of fused-ring (bicyclic) bond motifs is 2. The van der Waals surface area contributed by atoms with Crippen LogP contribution in [0.1, 0.15) is 40.3 Å². The number of nitrogen functional groups attached to an aromatic ring is 1. The molecule has 1 amide bonds. The van der Waals surface area contributed by atoms with Crippen LogP contribution in [0.5, 0.6) is 0 Å². The van der Waals surface area contributed by atoms with E-state index in [0.717, 1.165) is 0 Å². The van der Waals surface area contributed by atoms with Gasteiger partial charge in [0.15, 0.2) is 5.82 Å². The van der Waals surface area contributed by atoms with E-state index in [9.17, 15) is 9.59 Å². The zero-order valence-corrected chi connectivity index (χ0v) is 20.8. The molecule has 0 saturated carbocycles. The summed E-state index contributed by atoms with van der Waals surface area (Å²) in [6, 6.07) is 13.8. The molecule has 0 spiro atoms. The molecule has 5 aromatic rings. The van der Waals surface area contributed by atoms with Gasteiger partial charge in [0, 0.05) is 24.5 Å². The number of carbonyl (C=O) groups excluding carboxylic acids is 1. The Labute approximate surface area is 222 Å². The molecule has 4 heterocycles. The number of aromatic amines is 1. The number of benzene rings is 2. The van der Waals surface area contributed by atoms with E-state index in [1.807, 2.05) is 36.4 Å². The van der Waals surface area contributed by atoms with Crippen LogP contribution >= 0.6 is 0 Å². The first-order valence-corrected chi connectivity index (χ1v) is 12.2. The van der Waals surface area contributed by atoms with Crippen LogP contribution in [0.2, 0.25) is 0 Å². The summed E-state index contributed by atoms with van der Waals surface area (Å²) >= 11 is 0. The number of para-hydroxylation sites is 1. The number of amides is 1. The molecule has 0 radical (unpaired) electrons. The van der Waals surface area contributed by atoms with Crippen molar-refractivity contribution >= 4 is 34.6 Å². The SMILES string of the molecule is CC(NC(=O)c1c(N)nn2c1NCC=C2)c1nc2cccc(C#Cc3cn[nH]c3)c2c(=O)n1-c1ccccc1. The Bertz CT molecular complexity index is 1860. The Morgan fingerprint density at radius 3 is 2.79 bits per heavy atom. The van der Waals surface area contributed by atoms with E-state index in [2.05, 4.69) is 37.8 Å². The summed E-state index contributed by atoms with van der Waals surface area (Å²) < 4.78 is 3.03. The van der Waals surface area contributed by atoms with E-state index in [1.54, 1.807) is 43.7 Å². The maximum atomic E-state index is 14.1. The summed E-state index contributed by atoms with van der Waals surface area (Å²) in [5.74, 6) is 6.63. The number of nitrogens with zero attached hydrogens (tertiary/aromatic N) is 5. The Kier molecular flexibility index (Phi) is 5.89. The Morgan fingerprint density at radius 2 is 2.00 bits per heavy atom. The first-order chi connectivity index (χ1) is 19.0. The van der Waals surface area contributed by atoms with Gasteiger partial charge in [-0.3, -0.25) is 19.3 Å². The van der Waals surface area contributed by atoms with Crippen molar-refractivity contribution in [2.75, 3.05) is 17.6 Å². The molecule has 0 fully saturated rings. The fourth-order valence-electron chi connectivity index (χ4n) is 4.52. The topological polar surface area (TPSA) is 149 Å². The maximum absolute atomic E-state index is 14.1. The lowest BCUT2D eigenvalue weighted by molar-refractivity contribution is 0.0939. The molecule has 11 heteroatoms. The van der Waals surface area contributed by atoms with Crippen molar-refractivity contribution in [3.63, 3.8) is 0 Å². The average Bonchev–Trinajstić information content (AvgIpc) is 3.59. The van der Waals surface area contributed by atoms with Gasteiger partial charge in [-0.15, -0.1) is 5.10 Å². The number of anilines is 2. The van der Waals surface area contributed by atoms with Crippen LogP contribution in [-0.2, 0) is 0 Å². The molecule has 39 heavy (non-hydrogen) atoms. The molecule has 192 valence electrons. The molecular weight excluding hydrogens is 494 g/mol. The molecule has 11 nitrogen and oxygen atoms in total. The maximum Gasteiger partial charge on any atom is 0.267 e. The van der Waals surface area contributed by atoms with Crippen molar-refractivity contribution in [2.24, 2.45) is 0 Å². The Hall–Kier alpha value is -5.63. The average molecular weight is 518 g/mol. The van der Waals surface area contributed by atoms with Gasteiger partial charge < -0.3 is 16.4 Å². The number of hydrogen-bond acceptors (Lipinski definition) is 7. The van der Waals surface area contributed by atoms with Gasteiger partial charge in [0.1, 0.15) is 17.2 Å². The van der Waals surface area contributed by atoms with Crippen LogP contribution in [0.3, 0.4) is 0 Å². The van der Waals surface area contributed by atoms with E-state index in [1.165, 1.54) is 9.25 Å². The molecule has 3 aromatic heterocycles. The number of aromatic nitrogens is 6. The number of nitrogens with two attached hydrogens (primary N) is 1. The predicted octanol–water partition coefficient (Wildman–Crippen LogP) is 2.67. The van der Waals surface area contributed by atoms with E-state index in [0.29, 0.717) is 45.9 Å². The highest BCUT2D eigenvalue weighted by Gasteiger charge is 2.26. The van der Waals surface area contributed by atoms with Crippen LogP contribution < -0.4 is 21.9 Å². The lowest BCUT2D eigenvalue weighted by Gasteiger charge is -2.20. The van der Waals surface area contributed by atoms with Gasteiger partial charge >= 0.3 is 0 Å². The fraction of sp³-hybridized carbons (Fsp3) is 0.107. The normalized spacial score (nSPS) is 12.7. The first-order valence-electron chi connectivity index (χ1n) is 12.2. The van der Waals surface area contributed by atoms with Crippen LogP contribution in [0.25, 0.3) is 22.8 Å².